The minimum absolute atomic E-state index is 0.0158. The second kappa shape index (κ2) is 6.44. The summed E-state index contributed by atoms with van der Waals surface area (Å²) in [5.41, 5.74) is 0.498. The number of benzene rings is 1. The van der Waals surface area contributed by atoms with Crippen LogP contribution in [0.25, 0.3) is 0 Å². The Morgan fingerprint density at radius 1 is 1.58 bits per heavy atom. The molecule has 104 valence electrons. The molecule has 19 heavy (non-hydrogen) atoms. The Balaban J connectivity index is 2.24. The van der Waals surface area contributed by atoms with Gasteiger partial charge >= 0.3 is 0 Å². The van der Waals surface area contributed by atoms with Crippen molar-refractivity contribution in [3.05, 3.63) is 33.3 Å². The predicted molar refractivity (Wildman–Crippen MR) is 80.1 cm³/mol. The molecule has 1 fully saturated rings. The van der Waals surface area contributed by atoms with Gasteiger partial charge in [-0.15, -0.1) is 11.6 Å². The number of amides is 1. The maximum atomic E-state index is 12.6. The van der Waals surface area contributed by atoms with Crippen molar-refractivity contribution in [3.8, 4) is 0 Å². The van der Waals surface area contributed by atoms with Gasteiger partial charge in [-0.1, -0.05) is 17.7 Å². The Kier molecular flexibility index (Phi) is 5.12. The molecule has 0 aromatic heterocycles. The summed E-state index contributed by atoms with van der Waals surface area (Å²) in [4.78, 5) is 14.3. The monoisotopic (exact) mass is 365 g/mol. The fraction of sp³-hybridized carbons (Fsp3) is 0.462. The van der Waals surface area contributed by atoms with E-state index in [0.717, 1.165) is 4.47 Å². The van der Waals surface area contributed by atoms with E-state index in [1.807, 2.05) is 13.0 Å². The first-order valence-electron chi connectivity index (χ1n) is 5.97. The van der Waals surface area contributed by atoms with Gasteiger partial charge in [0.15, 0.2) is 0 Å². The molecule has 1 aromatic carbocycles. The van der Waals surface area contributed by atoms with E-state index in [0.29, 0.717) is 29.6 Å². The Morgan fingerprint density at radius 3 is 3.00 bits per heavy atom. The summed E-state index contributed by atoms with van der Waals surface area (Å²) in [7, 11) is 0. The van der Waals surface area contributed by atoms with Crippen LogP contribution in [0.1, 0.15) is 17.3 Å². The normalized spacial score (nSPS) is 23.5. The molecule has 0 N–H and O–H groups in total. The molecule has 0 bridgehead atoms. The molecule has 3 nitrogen and oxygen atoms in total. The van der Waals surface area contributed by atoms with Gasteiger partial charge in [0, 0.05) is 11.0 Å². The van der Waals surface area contributed by atoms with Gasteiger partial charge < -0.3 is 9.64 Å². The van der Waals surface area contributed by atoms with Gasteiger partial charge in [-0.25, -0.2) is 0 Å². The van der Waals surface area contributed by atoms with Crippen LogP contribution in [0.5, 0.6) is 0 Å². The summed E-state index contributed by atoms with van der Waals surface area (Å²) in [6.45, 7) is 2.94. The summed E-state index contributed by atoms with van der Waals surface area (Å²) in [5.74, 6) is 0.292. The third kappa shape index (κ3) is 3.24. The van der Waals surface area contributed by atoms with Crippen molar-refractivity contribution >= 4 is 45.0 Å². The molecule has 0 aliphatic carbocycles. The molecule has 0 spiro atoms. The number of ether oxygens (including phenoxy) is 1. The standard InChI is InChI=1S/C13H14BrCl2NO2/c1-8-7-19-9(5-15)6-17(8)13(18)10-3-2-4-11(14)12(10)16/h2-4,8-9H,5-7H2,1H3. The fourth-order valence-corrected chi connectivity index (χ4v) is 2.78. The van der Waals surface area contributed by atoms with E-state index in [9.17, 15) is 4.79 Å². The minimum atomic E-state index is -0.118. The lowest BCUT2D eigenvalue weighted by molar-refractivity contribution is -0.0371. The lowest BCUT2D eigenvalue weighted by Gasteiger charge is -2.37. The van der Waals surface area contributed by atoms with Crippen molar-refractivity contribution in [2.24, 2.45) is 0 Å². The van der Waals surface area contributed by atoms with Crippen LogP contribution in [-0.4, -0.2) is 42.0 Å². The Morgan fingerprint density at radius 2 is 2.32 bits per heavy atom. The molecule has 1 heterocycles. The van der Waals surface area contributed by atoms with Gasteiger partial charge in [0.25, 0.3) is 5.91 Å². The smallest absolute Gasteiger partial charge is 0.255 e. The van der Waals surface area contributed by atoms with E-state index >= 15 is 0 Å². The molecule has 2 rings (SSSR count). The van der Waals surface area contributed by atoms with E-state index < -0.39 is 0 Å². The summed E-state index contributed by atoms with van der Waals surface area (Å²) in [5, 5.41) is 0.439. The highest BCUT2D eigenvalue weighted by Gasteiger charge is 2.30. The number of hydrogen-bond acceptors (Lipinski definition) is 2. The Bertz CT molecular complexity index is 484. The van der Waals surface area contributed by atoms with Gasteiger partial charge in [0.1, 0.15) is 0 Å². The van der Waals surface area contributed by atoms with E-state index in [4.69, 9.17) is 27.9 Å². The maximum absolute atomic E-state index is 12.6. The van der Waals surface area contributed by atoms with E-state index in [1.165, 1.54) is 0 Å². The summed E-state index contributed by atoms with van der Waals surface area (Å²) in [6.07, 6.45) is -0.118. The van der Waals surface area contributed by atoms with Crippen LogP contribution < -0.4 is 0 Å². The predicted octanol–water partition coefficient (Wildman–Crippen LogP) is 3.57. The highest BCUT2D eigenvalue weighted by atomic mass is 79.9. The van der Waals surface area contributed by atoms with Crippen LogP contribution >= 0.6 is 39.1 Å². The minimum Gasteiger partial charge on any atom is -0.373 e. The number of hydrogen-bond donors (Lipinski definition) is 0. The molecule has 1 aliphatic heterocycles. The van der Waals surface area contributed by atoms with Gasteiger partial charge in [0.2, 0.25) is 0 Å². The first kappa shape index (κ1) is 15.1. The van der Waals surface area contributed by atoms with Crippen molar-refractivity contribution in [3.63, 3.8) is 0 Å². The third-order valence-electron chi connectivity index (χ3n) is 3.12. The van der Waals surface area contributed by atoms with Crippen LogP contribution in [0.15, 0.2) is 22.7 Å². The van der Waals surface area contributed by atoms with Gasteiger partial charge in [0.05, 0.1) is 35.2 Å². The topological polar surface area (TPSA) is 29.5 Å². The van der Waals surface area contributed by atoms with E-state index in [-0.39, 0.29) is 18.1 Å². The van der Waals surface area contributed by atoms with Gasteiger partial charge in [-0.05, 0) is 35.0 Å². The summed E-state index contributed by atoms with van der Waals surface area (Å²) >= 11 is 15.3. The SMILES string of the molecule is CC1COC(CCl)CN1C(=O)c1cccc(Br)c1Cl. The highest BCUT2D eigenvalue weighted by molar-refractivity contribution is 9.10. The lowest BCUT2D eigenvalue weighted by atomic mass is 10.1. The second-order valence-electron chi connectivity index (χ2n) is 4.52. The van der Waals surface area contributed by atoms with Crippen LogP contribution in [0.3, 0.4) is 0 Å². The quantitative estimate of drug-likeness (QED) is 0.749. The molecule has 0 saturated carbocycles. The van der Waals surface area contributed by atoms with Gasteiger partial charge in [-0.3, -0.25) is 4.79 Å². The number of carbonyl (C=O) groups is 1. The number of rotatable bonds is 2. The number of nitrogens with zero attached hydrogens (tertiary/aromatic N) is 1. The molecule has 6 heteroatoms. The van der Waals surface area contributed by atoms with E-state index in [2.05, 4.69) is 15.9 Å². The molecule has 1 aromatic rings. The molecule has 1 amide bonds. The van der Waals surface area contributed by atoms with Crippen LogP contribution in [0.2, 0.25) is 5.02 Å². The number of halogens is 3. The molecule has 1 saturated heterocycles. The molecule has 2 atom stereocenters. The average Bonchev–Trinajstić information content (AvgIpc) is 2.42. The first-order chi connectivity index (χ1) is 9.04. The highest BCUT2D eigenvalue weighted by Crippen LogP contribution is 2.28. The Hall–Kier alpha value is -0.290. The number of carbonyl (C=O) groups excluding carboxylic acids is 1. The number of morpholine rings is 1. The third-order valence-corrected chi connectivity index (χ3v) is 4.76. The van der Waals surface area contributed by atoms with Gasteiger partial charge in [-0.2, -0.15) is 0 Å². The zero-order valence-corrected chi connectivity index (χ0v) is 13.5. The lowest BCUT2D eigenvalue weighted by Crippen LogP contribution is -2.51. The van der Waals surface area contributed by atoms with E-state index in [1.54, 1.807) is 17.0 Å². The van der Waals surface area contributed by atoms with Crippen molar-refractivity contribution < 1.29 is 9.53 Å². The van der Waals surface area contributed by atoms with Crippen molar-refractivity contribution in [2.75, 3.05) is 19.0 Å². The van der Waals surface area contributed by atoms with Crippen molar-refractivity contribution in [2.45, 2.75) is 19.1 Å². The van der Waals surface area contributed by atoms with Crippen molar-refractivity contribution in [1.29, 1.82) is 0 Å². The molecular formula is C13H14BrCl2NO2. The zero-order valence-electron chi connectivity index (χ0n) is 10.4. The summed E-state index contributed by atoms with van der Waals surface area (Å²) in [6, 6.07) is 5.35. The van der Waals surface area contributed by atoms with Crippen LogP contribution in [-0.2, 0) is 4.74 Å². The molecule has 2 unspecified atom stereocenters. The first-order valence-corrected chi connectivity index (χ1v) is 7.67. The van der Waals surface area contributed by atoms with Crippen LogP contribution in [0.4, 0.5) is 0 Å². The van der Waals surface area contributed by atoms with Crippen molar-refractivity contribution in [1.82, 2.24) is 4.90 Å². The molecule has 0 radical (unpaired) electrons. The second-order valence-corrected chi connectivity index (χ2v) is 6.06. The van der Waals surface area contributed by atoms with Crippen LogP contribution in [0, 0.1) is 0 Å². The fourth-order valence-electron chi connectivity index (χ4n) is 2.02. The zero-order chi connectivity index (χ0) is 14.0. The summed E-state index contributed by atoms with van der Waals surface area (Å²) < 4.78 is 6.26. The Labute approximate surface area is 130 Å². The average molecular weight is 367 g/mol. The molecule has 1 aliphatic rings. The maximum Gasteiger partial charge on any atom is 0.255 e. The number of alkyl halides is 1. The largest absolute Gasteiger partial charge is 0.373 e. The molecular weight excluding hydrogens is 353 g/mol.